The molecule has 14 heavy (non-hydrogen) atoms. The summed E-state index contributed by atoms with van der Waals surface area (Å²) in [5.74, 6) is 0. The highest BCUT2D eigenvalue weighted by Crippen LogP contribution is 2.03. The molecule has 0 aromatic carbocycles. The van der Waals surface area contributed by atoms with E-state index < -0.39 is 0 Å². The van der Waals surface area contributed by atoms with E-state index in [1.807, 2.05) is 17.1 Å². The van der Waals surface area contributed by atoms with E-state index in [1.54, 1.807) is 16.0 Å². The molecule has 0 radical (unpaired) electrons. The Morgan fingerprint density at radius 1 is 1.43 bits per heavy atom. The van der Waals surface area contributed by atoms with Gasteiger partial charge in [-0.3, -0.25) is 0 Å². The monoisotopic (exact) mass is 209 g/mol. The molecule has 2 aromatic rings. The Morgan fingerprint density at radius 3 is 3.07 bits per heavy atom. The van der Waals surface area contributed by atoms with Gasteiger partial charge in [0.1, 0.15) is 0 Å². The van der Waals surface area contributed by atoms with Crippen molar-refractivity contribution in [2.75, 3.05) is 6.54 Å². The molecule has 0 saturated carbocycles. The molecule has 2 rings (SSSR count). The SMILES string of the molecule is NCCc1cn(Cc2cscn2)nn1. The topological polar surface area (TPSA) is 69.6 Å². The molecule has 2 N–H and O–H groups in total. The molecule has 74 valence electrons. The highest BCUT2D eigenvalue weighted by atomic mass is 32.1. The maximum Gasteiger partial charge on any atom is 0.0857 e. The first-order chi connectivity index (χ1) is 6.88. The number of aromatic nitrogens is 4. The van der Waals surface area contributed by atoms with E-state index in [0.29, 0.717) is 13.1 Å². The summed E-state index contributed by atoms with van der Waals surface area (Å²) < 4.78 is 1.78. The molecule has 2 aromatic heterocycles. The average Bonchev–Trinajstić information content (AvgIpc) is 2.79. The Hall–Kier alpha value is -1.27. The third-order valence-electron chi connectivity index (χ3n) is 1.79. The summed E-state index contributed by atoms with van der Waals surface area (Å²) in [4.78, 5) is 4.17. The zero-order valence-corrected chi connectivity index (χ0v) is 8.44. The smallest absolute Gasteiger partial charge is 0.0857 e. The van der Waals surface area contributed by atoms with Crippen molar-refractivity contribution in [3.8, 4) is 0 Å². The van der Waals surface area contributed by atoms with Gasteiger partial charge in [-0.15, -0.1) is 16.4 Å². The van der Waals surface area contributed by atoms with Crippen LogP contribution in [0.1, 0.15) is 11.4 Å². The van der Waals surface area contributed by atoms with Crippen LogP contribution in [-0.4, -0.2) is 26.5 Å². The van der Waals surface area contributed by atoms with E-state index in [4.69, 9.17) is 5.73 Å². The first-order valence-electron chi connectivity index (χ1n) is 4.34. The number of rotatable bonds is 4. The van der Waals surface area contributed by atoms with Gasteiger partial charge in [0.25, 0.3) is 0 Å². The van der Waals surface area contributed by atoms with Crippen LogP contribution in [0.25, 0.3) is 0 Å². The van der Waals surface area contributed by atoms with Crippen LogP contribution in [0.3, 0.4) is 0 Å². The van der Waals surface area contributed by atoms with Crippen LogP contribution in [0.5, 0.6) is 0 Å². The normalized spacial score (nSPS) is 10.6. The molecule has 0 unspecified atom stereocenters. The molecule has 0 aliphatic rings. The van der Waals surface area contributed by atoms with Crippen molar-refractivity contribution < 1.29 is 0 Å². The molecular formula is C8H11N5S. The van der Waals surface area contributed by atoms with E-state index in [-0.39, 0.29) is 0 Å². The summed E-state index contributed by atoms with van der Waals surface area (Å²) in [5, 5.41) is 9.98. The first kappa shape index (κ1) is 9.29. The molecule has 0 amide bonds. The van der Waals surface area contributed by atoms with Crippen LogP contribution < -0.4 is 5.73 Å². The average molecular weight is 209 g/mol. The van der Waals surface area contributed by atoms with Crippen LogP contribution in [-0.2, 0) is 13.0 Å². The van der Waals surface area contributed by atoms with Gasteiger partial charge < -0.3 is 5.73 Å². The van der Waals surface area contributed by atoms with E-state index in [0.717, 1.165) is 17.8 Å². The fraction of sp³-hybridized carbons (Fsp3) is 0.375. The summed E-state index contributed by atoms with van der Waals surface area (Å²) in [6.07, 6.45) is 2.68. The lowest BCUT2D eigenvalue weighted by molar-refractivity contribution is 0.640. The quantitative estimate of drug-likeness (QED) is 0.785. The van der Waals surface area contributed by atoms with Gasteiger partial charge in [-0.1, -0.05) is 5.21 Å². The molecule has 0 bridgehead atoms. The number of nitrogens with two attached hydrogens (primary N) is 1. The molecule has 0 aliphatic heterocycles. The van der Waals surface area contributed by atoms with E-state index >= 15 is 0 Å². The summed E-state index contributed by atoms with van der Waals surface area (Å²) in [7, 11) is 0. The fourth-order valence-corrected chi connectivity index (χ4v) is 1.71. The zero-order valence-electron chi connectivity index (χ0n) is 7.63. The van der Waals surface area contributed by atoms with Gasteiger partial charge in [-0.25, -0.2) is 9.67 Å². The molecule has 2 heterocycles. The lowest BCUT2D eigenvalue weighted by Crippen LogP contribution is -2.02. The van der Waals surface area contributed by atoms with Crippen LogP contribution in [0.2, 0.25) is 0 Å². The van der Waals surface area contributed by atoms with Gasteiger partial charge in [0, 0.05) is 18.0 Å². The molecule has 0 aliphatic carbocycles. The van der Waals surface area contributed by atoms with Crippen molar-refractivity contribution in [3.63, 3.8) is 0 Å². The van der Waals surface area contributed by atoms with Crippen molar-refractivity contribution in [1.82, 2.24) is 20.0 Å². The summed E-state index contributed by atoms with van der Waals surface area (Å²) in [5.41, 5.74) is 9.18. The lowest BCUT2D eigenvalue weighted by atomic mass is 10.3. The van der Waals surface area contributed by atoms with E-state index in [1.165, 1.54) is 0 Å². The molecule has 0 atom stereocenters. The Kier molecular flexibility index (Phi) is 2.85. The van der Waals surface area contributed by atoms with Crippen molar-refractivity contribution >= 4 is 11.3 Å². The standard InChI is InChI=1S/C8H11N5S/c9-2-1-7-3-13(12-11-7)4-8-5-14-6-10-8/h3,5-6H,1-2,4,9H2. The number of hydrogen-bond acceptors (Lipinski definition) is 5. The second kappa shape index (κ2) is 4.30. The van der Waals surface area contributed by atoms with Crippen LogP contribution >= 0.6 is 11.3 Å². The molecule has 5 nitrogen and oxygen atoms in total. The Labute approximate surface area is 85.6 Å². The van der Waals surface area contributed by atoms with Gasteiger partial charge in [0.05, 0.1) is 23.4 Å². The van der Waals surface area contributed by atoms with Gasteiger partial charge in [0.15, 0.2) is 0 Å². The Morgan fingerprint density at radius 2 is 2.36 bits per heavy atom. The van der Waals surface area contributed by atoms with Crippen molar-refractivity contribution in [3.05, 3.63) is 28.5 Å². The number of nitrogens with zero attached hydrogens (tertiary/aromatic N) is 4. The molecule has 0 saturated heterocycles. The van der Waals surface area contributed by atoms with Gasteiger partial charge in [-0.2, -0.15) is 0 Å². The lowest BCUT2D eigenvalue weighted by Gasteiger charge is -1.94. The summed E-state index contributed by atoms with van der Waals surface area (Å²) in [6, 6.07) is 0. The highest BCUT2D eigenvalue weighted by Gasteiger charge is 2.01. The number of thiazole rings is 1. The van der Waals surface area contributed by atoms with E-state index in [9.17, 15) is 0 Å². The Balaban J connectivity index is 2.03. The highest BCUT2D eigenvalue weighted by molar-refractivity contribution is 7.07. The minimum atomic E-state index is 0.607. The maximum absolute atomic E-state index is 5.42. The minimum Gasteiger partial charge on any atom is -0.330 e. The number of hydrogen-bond donors (Lipinski definition) is 1. The summed E-state index contributed by atoms with van der Waals surface area (Å²) >= 11 is 1.58. The van der Waals surface area contributed by atoms with Crippen molar-refractivity contribution in [1.29, 1.82) is 0 Å². The third kappa shape index (κ3) is 2.15. The van der Waals surface area contributed by atoms with Gasteiger partial charge >= 0.3 is 0 Å². The second-order valence-corrected chi connectivity index (χ2v) is 3.64. The van der Waals surface area contributed by atoms with Gasteiger partial charge in [0.2, 0.25) is 0 Å². The van der Waals surface area contributed by atoms with Crippen molar-refractivity contribution in [2.24, 2.45) is 5.73 Å². The van der Waals surface area contributed by atoms with Gasteiger partial charge in [-0.05, 0) is 6.54 Å². The third-order valence-corrected chi connectivity index (χ3v) is 2.43. The Bertz CT molecular complexity index is 380. The molecule has 0 spiro atoms. The van der Waals surface area contributed by atoms with Crippen LogP contribution in [0.15, 0.2) is 17.1 Å². The second-order valence-electron chi connectivity index (χ2n) is 2.93. The van der Waals surface area contributed by atoms with Crippen LogP contribution in [0, 0.1) is 0 Å². The first-order valence-corrected chi connectivity index (χ1v) is 5.29. The van der Waals surface area contributed by atoms with E-state index in [2.05, 4.69) is 15.3 Å². The zero-order chi connectivity index (χ0) is 9.80. The fourth-order valence-electron chi connectivity index (χ4n) is 1.16. The molecular weight excluding hydrogens is 198 g/mol. The van der Waals surface area contributed by atoms with Crippen LogP contribution in [0.4, 0.5) is 0 Å². The minimum absolute atomic E-state index is 0.607. The van der Waals surface area contributed by atoms with Crippen molar-refractivity contribution in [2.45, 2.75) is 13.0 Å². The molecule has 6 heteroatoms. The summed E-state index contributed by atoms with van der Waals surface area (Å²) in [6.45, 7) is 1.29. The maximum atomic E-state index is 5.42. The largest absolute Gasteiger partial charge is 0.330 e. The predicted octanol–water partition coefficient (Wildman–Crippen LogP) is 0.284. The predicted molar refractivity (Wildman–Crippen MR) is 54.0 cm³/mol. The molecule has 0 fully saturated rings.